The molecule has 26 heavy (non-hydrogen) atoms. The zero-order valence-corrected chi connectivity index (χ0v) is 13.8. The summed E-state index contributed by atoms with van der Waals surface area (Å²) < 4.78 is 6.92. The summed E-state index contributed by atoms with van der Waals surface area (Å²) in [5.41, 5.74) is 0.541. The Kier molecular flexibility index (Phi) is 4.66. The molecule has 132 valence electrons. The van der Waals surface area contributed by atoms with Crippen molar-refractivity contribution < 1.29 is 14.1 Å². The van der Waals surface area contributed by atoms with Crippen LogP contribution in [0.4, 0.5) is 11.4 Å². The number of furan rings is 1. The standard InChI is InChI=1S/C18H15N3O5/c1-12-5-6-13(10-15(12)21(24)25)19-18(23)16-8-7-14(26-16)11-20-9-3-2-4-17(20)22/h2-10H,11H2,1H3,(H,19,23). The largest absolute Gasteiger partial charge is 0.454 e. The Labute approximate surface area is 147 Å². The summed E-state index contributed by atoms with van der Waals surface area (Å²) in [7, 11) is 0. The fourth-order valence-electron chi connectivity index (χ4n) is 2.42. The van der Waals surface area contributed by atoms with Gasteiger partial charge in [-0.25, -0.2) is 0 Å². The maximum atomic E-state index is 12.3. The normalized spacial score (nSPS) is 10.5. The Morgan fingerprint density at radius 3 is 2.77 bits per heavy atom. The summed E-state index contributed by atoms with van der Waals surface area (Å²) in [5.74, 6) is -0.0413. The Morgan fingerprint density at radius 1 is 1.23 bits per heavy atom. The Morgan fingerprint density at radius 2 is 2.04 bits per heavy atom. The van der Waals surface area contributed by atoms with Crippen LogP contribution < -0.4 is 10.9 Å². The van der Waals surface area contributed by atoms with E-state index < -0.39 is 10.8 Å². The summed E-state index contributed by atoms with van der Waals surface area (Å²) >= 11 is 0. The van der Waals surface area contributed by atoms with Crippen LogP contribution in [0, 0.1) is 17.0 Å². The first-order valence-corrected chi connectivity index (χ1v) is 7.74. The number of pyridine rings is 1. The molecule has 0 bridgehead atoms. The maximum absolute atomic E-state index is 12.3. The number of nitrogens with one attached hydrogen (secondary N) is 1. The van der Waals surface area contributed by atoms with Gasteiger partial charge in [-0.2, -0.15) is 0 Å². The number of anilines is 1. The van der Waals surface area contributed by atoms with Crippen molar-refractivity contribution in [3.05, 3.63) is 92.3 Å². The van der Waals surface area contributed by atoms with Crippen LogP contribution in [-0.4, -0.2) is 15.4 Å². The van der Waals surface area contributed by atoms with Crippen molar-refractivity contribution in [3.63, 3.8) is 0 Å². The topological polar surface area (TPSA) is 107 Å². The fraction of sp³-hybridized carbons (Fsp3) is 0.111. The van der Waals surface area contributed by atoms with Crippen LogP contribution in [0.1, 0.15) is 21.9 Å². The van der Waals surface area contributed by atoms with E-state index in [2.05, 4.69) is 5.32 Å². The molecule has 0 aliphatic carbocycles. The molecule has 3 rings (SSSR count). The van der Waals surface area contributed by atoms with E-state index >= 15 is 0 Å². The molecule has 3 aromatic rings. The van der Waals surface area contributed by atoms with Gasteiger partial charge in [0.15, 0.2) is 5.76 Å². The molecule has 0 unspecified atom stereocenters. The number of nitro benzene ring substituents is 1. The highest BCUT2D eigenvalue weighted by molar-refractivity contribution is 6.02. The van der Waals surface area contributed by atoms with Crippen LogP contribution in [0.15, 0.2) is 63.9 Å². The van der Waals surface area contributed by atoms with Crippen molar-refractivity contribution in [1.29, 1.82) is 0 Å². The predicted octanol–water partition coefficient (Wildman–Crippen LogP) is 2.96. The van der Waals surface area contributed by atoms with Crippen molar-refractivity contribution in [1.82, 2.24) is 4.57 Å². The summed E-state index contributed by atoms with van der Waals surface area (Å²) in [6.07, 6.45) is 1.62. The third-order valence-corrected chi connectivity index (χ3v) is 3.77. The molecule has 0 atom stereocenters. The molecular weight excluding hydrogens is 338 g/mol. The van der Waals surface area contributed by atoms with Crippen molar-refractivity contribution >= 4 is 17.3 Å². The number of rotatable bonds is 5. The third-order valence-electron chi connectivity index (χ3n) is 3.77. The van der Waals surface area contributed by atoms with E-state index in [1.165, 1.54) is 22.8 Å². The molecule has 1 amide bonds. The van der Waals surface area contributed by atoms with Crippen molar-refractivity contribution in [2.75, 3.05) is 5.32 Å². The second-order valence-corrected chi connectivity index (χ2v) is 5.65. The van der Waals surface area contributed by atoms with Crippen LogP contribution >= 0.6 is 0 Å². The molecule has 1 aromatic carbocycles. The van der Waals surface area contributed by atoms with Gasteiger partial charge in [-0.1, -0.05) is 12.1 Å². The van der Waals surface area contributed by atoms with Gasteiger partial charge in [-0.3, -0.25) is 19.7 Å². The number of amides is 1. The van der Waals surface area contributed by atoms with Gasteiger partial charge in [0.2, 0.25) is 0 Å². The highest BCUT2D eigenvalue weighted by atomic mass is 16.6. The second-order valence-electron chi connectivity index (χ2n) is 5.65. The van der Waals surface area contributed by atoms with Gasteiger partial charge < -0.3 is 14.3 Å². The monoisotopic (exact) mass is 353 g/mol. The Balaban J connectivity index is 1.74. The SMILES string of the molecule is Cc1ccc(NC(=O)c2ccc(Cn3ccccc3=O)o2)cc1[N+](=O)[O-]. The van der Waals surface area contributed by atoms with Gasteiger partial charge in [0.25, 0.3) is 17.2 Å². The van der Waals surface area contributed by atoms with E-state index in [0.29, 0.717) is 17.0 Å². The summed E-state index contributed by atoms with van der Waals surface area (Å²) in [6, 6.07) is 12.3. The second kappa shape index (κ2) is 7.06. The van der Waals surface area contributed by atoms with E-state index in [4.69, 9.17) is 4.42 Å². The number of nitrogens with zero attached hydrogens (tertiary/aromatic N) is 2. The van der Waals surface area contributed by atoms with Crippen LogP contribution in [0.2, 0.25) is 0 Å². The van der Waals surface area contributed by atoms with Gasteiger partial charge in [0, 0.05) is 29.6 Å². The number of hydrogen-bond donors (Lipinski definition) is 1. The Hall–Kier alpha value is -3.68. The molecule has 0 radical (unpaired) electrons. The van der Waals surface area contributed by atoms with Crippen LogP contribution in [-0.2, 0) is 6.54 Å². The molecule has 0 fully saturated rings. The van der Waals surface area contributed by atoms with Gasteiger partial charge >= 0.3 is 0 Å². The van der Waals surface area contributed by atoms with Crippen molar-refractivity contribution in [3.8, 4) is 0 Å². The van der Waals surface area contributed by atoms with Gasteiger partial charge in [0.1, 0.15) is 5.76 Å². The molecule has 1 N–H and O–H groups in total. The lowest BCUT2D eigenvalue weighted by Gasteiger charge is -2.05. The highest BCUT2D eigenvalue weighted by Crippen LogP contribution is 2.23. The number of aryl methyl sites for hydroxylation is 1. The van der Waals surface area contributed by atoms with Gasteiger partial charge in [-0.05, 0) is 31.2 Å². The average molecular weight is 353 g/mol. The highest BCUT2D eigenvalue weighted by Gasteiger charge is 2.15. The van der Waals surface area contributed by atoms with Gasteiger partial charge in [-0.15, -0.1) is 0 Å². The molecule has 0 spiro atoms. The van der Waals surface area contributed by atoms with Crippen LogP contribution in [0.25, 0.3) is 0 Å². The number of carbonyl (C=O) groups is 1. The molecule has 0 saturated carbocycles. The average Bonchev–Trinajstić information content (AvgIpc) is 3.07. The molecule has 0 saturated heterocycles. The minimum absolute atomic E-state index is 0.0483. The minimum atomic E-state index is -0.533. The number of carbonyl (C=O) groups excluding carboxylic acids is 1. The quantitative estimate of drug-likeness (QED) is 0.560. The lowest BCUT2D eigenvalue weighted by molar-refractivity contribution is -0.385. The fourth-order valence-corrected chi connectivity index (χ4v) is 2.42. The summed E-state index contributed by atoms with van der Waals surface area (Å²) in [6.45, 7) is 1.82. The zero-order chi connectivity index (χ0) is 18.7. The van der Waals surface area contributed by atoms with E-state index in [-0.39, 0.29) is 23.6 Å². The number of nitro groups is 1. The number of hydrogen-bond acceptors (Lipinski definition) is 5. The van der Waals surface area contributed by atoms with E-state index in [1.807, 2.05) is 0 Å². The third kappa shape index (κ3) is 3.69. The minimum Gasteiger partial charge on any atom is -0.454 e. The molecule has 2 aromatic heterocycles. The first-order chi connectivity index (χ1) is 12.4. The summed E-state index contributed by atoms with van der Waals surface area (Å²) in [4.78, 5) is 34.5. The molecular formula is C18H15N3O5. The van der Waals surface area contributed by atoms with Crippen LogP contribution in [0.3, 0.4) is 0 Å². The predicted molar refractivity (Wildman–Crippen MR) is 94.3 cm³/mol. The lowest BCUT2D eigenvalue weighted by atomic mass is 10.2. The molecule has 8 nitrogen and oxygen atoms in total. The van der Waals surface area contributed by atoms with Gasteiger partial charge in [0.05, 0.1) is 11.5 Å². The molecule has 0 aliphatic rings. The number of benzene rings is 1. The number of aromatic nitrogens is 1. The van der Waals surface area contributed by atoms with E-state index in [0.717, 1.165) is 0 Å². The smallest absolute Gasteiger partial charge is 0.291 e. The van der Waals surface area contributed by atoms with Crippen molar-refractivity contribution in [2.24, 2.45) is 0 Å². The first kappa shape index (κ1) is 17.2. The van der Waals surface area contributed by atoms with Crippen molar-refractivity contribution in [2.45, 2.75) is 13.5 Å². The molecule has 0 aliphatic heterocycles. The van der Waals surface area contributed by atoms with E-state index in [9.17, 15) is 19.7 Å². The molecule has 8 heteroatoms. The summed E-state index contributed by atoms with van der Waals surface area (Å²) in [5, 5.41) is 13.5. The van der Waals surface area contributed by atoms with E-state index in [1.54, 1.807) is 43.5 Å². The maximum Gasteiger partial charge on any atom is 0.291 e. The first-order valence-electron chi connectivity index (χ1n) is 7.74. The molecule has 2 heterocycles. The lowest BCUT2D eigenvalue weighted by Crippen LogP contribution is -2.18. The Bertz CT molecular complexity index is 1040. The van der Waals surface area contributed by atoms with Crippen LogP contribution in [0.5, 0.6) is 0 Å². The zero-order valence-electron chi connectivity index (χ0n) is 13.8.